The molecule has 0 aromatic heterocycles. The van der Waals surface area contributed by atoms with Crippen LogP contribution in [-0.2, 0) is 4.79 Å². The molecule has 0 N–H and O–H groups in total. The number of carbonyl (C=O) groups excluding carboxylic acids is 1. The van der Waals surface area contributed by atoms with Crippen LogP contribution >= 0.6 is 0 Å². The summed E-state index contributed by atoms with van der Waals surface area (Å²) in [6.07, 6.45) is 2.60. The maximum Gasteiger partial charge on any atom is 0.223 e. The Kier molecular flexibility index (Phi) is 2.55. The molecule has 0 heterocycles. The summed E-state index contributed by atoms with van der Waals surface area (Å²) in [7, 11) is 1.84. The quantitative estimate of drug-likeness (QED) is 0.617. The zero-order valence-electron chi connectivity index (χ0n) is 8.35. The fourth-order valence-corrected chi connectivity index (χ4v) is 1.31. The van der Waals surface area contributed by atoms with Gasteiger partial charge in [0.25, 0.3) is 0 Å². The molecule has 0 spiro atoms. The first kappa shape index (κ1) is 9.30. The van der Waals surface area contributed by atoms with E-state index in [1.54, 1.807) is 11.8 Å². The van der Waals surface area contributed by atoms with Gasteiger partial charge in [-0.15, -0.1) is 0 Å². The lowest BCUT2D eigenvalue weighted by atomic mass is 10.1. The number of hydrogen-bond acceptors (Lipinski definition) is 1. The van der Waals surface area contributed by atoms with Gasteiger partial charge in [-0.2, -0.15) is 0 Å². The van der Waals surface area contributed by atoms with Crippen LogP contribution in [0.3, 0.4) is 0 Å². The van der Waals surface area contributed by atoms with Gasteiger partial charge in [0, 0.05) is 19.7 Å². The van der Waals surface area contributed by atoms with E-state index in [2.05, 4.69) is 6.92 Å². The normalized spacial score (nSPS) is 18.7. The summed E-state index contributed by atoms with van der Waals surface area (Å²) in [6, 6.07) is 0. The van der Waals surface area contributed by atoms with Gasteiger partial charge in [-0.3, -0.25) is 4.79 Å². The molecule has 1 saturated carbocycles. The third kappa shape index (κ3) is 1.87. The standard InChI is InChI=1S/C10H17NO/c1-7(10-5-6-10)8(2)11(4)9(3)12/h10H,5-6H2,1-4H3. The Morgan fingerprint density at radius 2 is 1.75 bits per heavy atom. The Balaban J connectivity index is 2.71. The molecule has 2 heteroatoms. The molecule has 0 aliphatic heterocycles. The van der Waals surface area contributed by atoms with Gasteiger partial charge in [-0.25, -0.2) is 0 Å². The second-order valence-corrected chi connectivity index (χ2v) is 3.62. The molecular formula is C10H17NO. The summed E-state index contributed by atoms with van der Waals surface area (Å²) in [6.45, 7) is 5.76. The van der Waals surface area contributed by atoms with Crippen molar-refractivity contribution < 1.29 is 4.79 Å². The van der Waals surface area contributed by atoms with Crippen LogP contribution in [0.5, 0.6) is 0 Å². The number of amides is 1. The predicted molar refractivity (Wildman–Crippen MR) is 49.5 cm³/mol. The highest BCUT2D eigenvalue weighted by Crippen LogP contribution is 2.37. The van der Waals surface area contributed by atoms with Crippen LogP contribution in [0.4, 0.5) is 0 Å². The Morgan fingerprint density at radius 1 is 1.25 bits per heavy atom. The first-order valence-electron chi connectivity index (χ1n) is 4.45. The van der Waals surface area contributed by atoms with Crippen molar-refractivity contribution in [3.05, 3.63) is 11.3 Å². The number of hydrogen-bond donors (Lipinski definition) is 0. The molecule has 1 fully saturated rings. The molecule has 1 aliphatic carbocycles. The van der Waals surface area contributed by atoms with Gasteiger partial charge < -0.3 is 4.90 Å². The van der Waals surface area contributed by atoms with Crippen molar-refractivity contribution in [1.82, 2.24) is 4.90 Å². The van der Waals surface area contributed by atoms with Gasteiger partial charge in [0.1, 0.15) is 0 Å². The van der Waals surface area contributed by atoms with Crippen LogP contribution in [0.25, 0.3) is 0 Å². The fraction of sp³-hybridized carbons (Fsp3) is 0.700. The zero-order chi connectivity index (χ0) is 9.30. The molecule has 0 unspecified atom stereocenters. The third-order valence-corrected chi connectivity index (χ3v) is 2.74. The molecule has 1 amide bonds. The van der Waals surface area contributed by atoms with E-state index in [0.29, 0.717) is 0 Å². The smallest absolute Gasteiger partial charge is 0.223 e. The van der Waals surface area contributed by atoms with Gasteiger partial charge in [0.05, 0.1) is 0 Å². The van der Waals surface area contributed by atoms with E-state index in [0.717, 1.165) is 11.6 Å². The highest BCUT2D eigenvalue weighted by atomic mass is 16.2. The van der Waals surface area contributed by atoms with E-state index in [9.17, 15) is 4.79 Å². The van der Waals surface area contributed by atoms with Gasteiger partial charge in [-0.05, 0) is 32.6 Å². The average Bonchev–Trinajstić information content (AvgIpc) is 2.82. The second kappa shape index (κ2) is 3.30. The number of rotatable bonds is 2. The minimum atomic E-state index is 0.118. The Morgan fingerprint density at radius 3 is 2.08 bits per heavy atom. The summed E-state index contributed by atoms with van der Waals surface area (Å²) in [4.78, 5) is 12.8. The highest BCUT2D eigenvalue weighted by Gasteiger charge is 2.25. The number of carbonyl (C=O) groups is 1. The molecule has 0 saturated heterocycles. The fourth-order valence-electron chi connectivity index (χ4n) is 1.31. The van der Waals surface area contributed by atoms with Gasteiger partial charge >= 0.3 is 0 Å². The molecule has 0 radical (unpaired) electrons. The van der Waals surface area contributed by atoms with Gasteiger partial charge in [0.15, 0.2) is 0 Å². The summed E-state index contributed by atoms with van der Waals surface area (Å²) < 4.78 is 0. The highest BCUT2D eigenvalue weighted by molar-refractivity contribution is 5.74. The van der Waals surface area contributed by atoms with Crippen molar-refractivity contribution in [2.75, 3.05) is 7.05 Å². The van der Waals surface area contributed by atoms with Gasteiger partial charge in [0.2, 0.25) is 5.91 Å². The molecular weight excluding hydrogens is 150 g/mol. The molecule has 1 rings (SSSR count). The molecule has 2 nitrogen and oxygen atoms in total. The molecule has 68 valence electrons. The largest absolute Gasteiger partial charge is 0.320 e. The molecule has 1 aliphatic rings. The van der Waals surface area contributed by atoms with Crippen molar-refractivity contribution in [3.63, 3.8) is 0 Å². The van der Waals surface area contributed by atoms with Crippen LogP contribution in [0, 0.1) is 5.92 Å². The molecule has 0 bridgehead atoms. The monoisotopic (exact) mass is 167 g/mol. The van der Waals surface area contributed by atoms with E-state index in [1.165, 1.54) is 18.4 Å². The maximum absolute atomic E-state index is 11.0. The number of nitrogens with zero attached hydrogens (tertiary/aromatic N) is 1. The van der Waals surface area contributed by atoms with Crippen molar-refractivity contribution in [3.8, 4) is 0 Å². The first-order valence-corrected chi connectivity index (χ1v) is 4.45. The van der Waals surface area contributed by atoms with Crippen LogP contribution < -0.4 is 0 Å². The minimum absolute atomic E-state index is 0.118. The first-order chi connectivity index (χ1) is 5.54. The Hall–Kier alpha value is -0.790. The third-order valence-electron chi connectivity index (χ3n) is 2.74. The average molecular weight is 167 g/mol. The van der Waals surface area contributed by atoms with Crippen molar-refractivity contribution in [1.29, 1.82) is 0 Å². The topological polar surface area (TPSA) is 20.3 Å². The summed E-state index contributed by atoms with van der Waals surface area (Å²) in [5.41, 5.74) is 2.51. The van der Waals surface area contributed by atoms with Gasteiger partial charge in [-0.1, -0.05) is 5.57 Å². The van der Waals surface area contributed by atoms with Crippen LogP contribution in [0.15, 0.2) is 11.3 Å². The van der Waals surface area contributed by atoms with Crippen molar-refractivity contribution >= 4 is 5.91 Å². The second-order valence-electron chi connectivity index (χ2n) is 3.62. The lowest BCUT2D eigenvalue weighted by Gasteiger charge is -2.18. The Bertz CT molecular complexity index is 226. The van der Waals surface area contributed by atoms with Crippen molar-refractivity contribution in [2.24, 2.45) is 5.92 Å². The van der Waals surface area contributed by atoms with E-state index >= 15 is 0 Å². The molecule has 0 atom stereocenters. The molecule has 0 aromatic rings. The van der Waals surface area contributed by atoms with Crippen LogP contribution in [0.1, 0.15) is 33.6 Å². The minimum Gasteiger partial charge on any atom is -0.320 e. The maximum atomic E-state index is 11.0. The summed E-state index contributed by atoms with van der Waals surface area (Å²) in [5, 5.41) is 0. The molecule has 12 heavy (non-hydrogen) atoms. The van der Waals surface area contributed by atoms with Crippen molar-refractivity contribution in [2.45, 2.75) is 33.6 Å². The zero-order valence-corrected chi connectivity index (χ0v) is 8.35. The van der Waals surface area contributed by atoms with E-state index < -0.39 is 0 Å². The summed E-state index contributed by atoms with van der Waals surface area (Å²) in [5.74, 6) is 0.874. The lowest BCUT2D eigenvalue weighted by Crippen LogP contribution is -2.22. The number of allylic oxidation sites excluding steroid dienone is 2. The van der Waals surface area contributed by atoms with E-state index in [1.807, 2.05) is 14.0 Å². The van der Waals surface area contributed by atoms with Crippen LogP contribution in [-0.4, -0.2) is 17.9 Å². The Labute approximate surface area is 74.2 Å². The molecule has 0 aromatic carbocycles. The predicted octanol–water partition coefficient (Wildman–Crippen LogP) is 2.17. The van der Waals surface area contributed by atoms with Crippen LogP contribution in [0.2, 0.25) is 0 Å². The van der Waals surface area contributed by atoms with E-state index in [4.69, 9.17) is 0 Å². The lowest BCUT2D eigenvalue weighted by molar-refractivity contribution is -0.125. The summed E-state index contributed by atoms with van der Waals surface area (Å²) >= 11 is 0. The SMILES string of the molecule is CC(=O)N(C)C(C)=C(C)C1CC1. The van der Waals surface area contributed by atoms with E-state index in [-0.39, 0.29) is 5.91 Å².